The standard InChI is InChI=1S/C29H30FN5O4/c1-38-23-14-10-21(11-15-23)28(29(37)31-17-24-5-4-16-39-24)34(18-20-8-12-22(30)13-9-20)27(36)19-35-26-7-3-2-6-25(26)32-33-35/h2-3,6-15,24,28H,4-5,16-19H2,1H3,(H,31,37)/t24-,28+/m0/s1. The summed E-state index contributed by atoms with van der Waals surface area (Å²) < 4.78 is 26.2. The van der Waals surface area contributed by atoms with Crippen molar-refractivity contribution in [3.05, 3.63) is 89.7 Å². The molecule has 0 radical (unpaired) electrons. The maximum atomic E-state index is 14.0. The van der Waals surface area contributed by atoms with Crippen LogP contribution < -0.4 is 10.1 Å². The first-order chi connectivity index (χ1) is 19.0. The zero-order chi connectivity index (χ0) is 27.2. The molecule has 0 saturated carbocycles. The van der Waals surface area contributed by atoms with Gasteiger partial charge in [-0.3, -0.25) is 9.59 Å². The van der Waals surface area contributed by atoms with Crippen LogP contribution in [0, 0.1) is 5.82 Å². The average molecular weight is 532 g/mol. The van der Waals surface area contributed by atoms with Gasteiger partial charge in [0.1, 0.15) is 29.7 Å². The summed E-state index contributed by atoms with van der Waals surface area (Å²) in [5, 5.41) is 11.3. The minimum Gasteiger partial charge on any atom is -0.497 e. The van der Waals surface area contributed by atoms with Gasteiger partial charge in [0.15, 0.2) is 0 Å². The van der Waals surface area contributed by atoms with Crippen LogP contribution in [0.2, 0.25) is 0 Å². The number of rotatable bonds is 10. The van der Waals surface area contributed by atoms with Crippen molar-refractivity contribution in [1.29, 1.82) is 0 Å². The summed E-state index contributed by atoms with van der Waals surface area (Å²) in [6.07, 6.45) is 1.75. The molecule has 0 spiro atoms. The molecule has 1 aliphatic heterocycles. The van der Waals surface area contributed by atoms with Crippen LogP contribution in [-0.4, -0.2) is 58.1 Å². The molecule has 0 aliphatic carbocycles. The van der Waals surface area contributed by atoms with E-state index in [-0.39, 0.29) is 36.8 Å². The van der Waals surface area contributed by atoms with Crippen molar-refractivity contribution in [2.75, 3.05) is 20.3 Å². The van der Waals surface area contributed by atoms with Gasteiger partial charge in [0.25, 0.3) is 0 Å². The molecule has 5 rings (SSSR count). The number of aromatic nitrogens is 3. The van der Waals surface area contributed by atoms with E-state index in [9.17, 15) is 14.0 Å². The van der Waals surface area contributed by atoms with Gasteiger partial charge in [-0.15, -0.1) is 5.10 Å². The number of nitrogens with one attached hydrogen (secondary N) is 1. The molecule has 3 aromatic carbocycles. The molecule has 2 amide bonds. The summed E-state index contributed by atoms with van der Waals surface area (Å²) in [5.74, 6) is -0.438. The molecule has 9 nitrogen and oxygen atoms in total. The Hall–Kier alpha value is -4.31. The quantitative estimate of drug-likeness (QED) is 0.336. The van der Waals surface area contributed by atoms with Crippen molar-refractivity contribution in [3.8, 4) is 5.75 Å². The maximum absolute atomic E-state index is 14.0. The second-order valence-corrected chi connectivity index (χ2v) is 9.44. The summed E-state index contributed by atoms with van der Waals surface area (Å²) in [4.78, 5) is 29.2. The molecule has 202 valence electrons. The maximum Gasteiger partial charge on any atom is 0.247 e. The SMILES string of the molecule is COc1ccc([C@H](C(=O)NC[C@@H]2CCCO2)N(Cc2ccc(F)cc2)C(=O)Cn2nnc3ccccc32)cc1. The number of carbonyl (C=O) groups is 2. The molecule has 0 unspecified atom stereocenters. The summed E-state index contributed by atoms with van der Waals surface area (Å²) >= 11 is 0. The smallest absolute Gasteiger partial charge is 0.247 e. The zero-order valence-electron chi connectivity index (χ0n) is 21.6. The van der Waals surface area contributed by atoms with Gasteiger partial charge in [0.05, 0.1) is 18.7 Å². The lowest BCUT2D eigenvalue weighted by molar-refractivity contribution is -0.142. The minimum atomic E-state index is -0.968. The van der Waals surface area contributed by atoms with Gasteiger partial charge in [-0.25, -0.2) is 9.07 Å². The van der Waals surface area contributed by atoms with Gasteiger partial charge in [0, 0.05) is 19.7 Å². The third-order valence-corrected chi connectivity index (χ3v) is 6.81. The molecule has 39 heavy (non-hydrogen) atoms. The molecule has 2 atom stereocenters. The fourth-order valence-corrected chi connectivity index (χ4v) is 4.74. The van der Waals surface area contributed by atoms with Crippen molar-refractivity contribution in [2.45, 2.75) is 38.1 Å². The van der Waals surface area contributed by atoms with Crippen molar-refractivity contribution in [2.24, 2.45) is 0 Å². The van der Waals surface area contributed by atoms with Crippen molar-refractivity contribution in [3.63, 3.8) is 0 Å². The molecule has 1 aromatic heterocycles. The van der Waals surface area contributed by atoms with E-state index in [0.29, 0.717) is 41.1 Å². The first-order valence-electron chi connectivity index (χ1n) is 12.9. The highest BCUT2D eigenvalue weighted by atomic mass is 19.1. The van der Waals surface area contributed by atoms with Gasteiger partial charge < -0.3 is 19.7 Å². The number of hydrogen-bond acceptors (Lipinski definition) is 6. The number of hydrogen-bond donors (Lipinski definition) is 1. The molecule has 2 heterocycles. The Kier molecular flexibility index (Phi) is 8.12. The van der Waals surface area contributed by atoms with Gasteiger partial charge in [-0.1, -0.05) is 41.6 Å². The van der Waals surface area contributed by atoms with Crippen LogP contribution in [0.3, 0.4) is 0 Å². The van der Waals surface area contributed by atoms with Gasteiger partial charge in [-0.2, -0.15) is 0 Å². The Balaban J connectivity index is 1.49. The number of methoxy groups -OCH3 is 1. The number of halogens is 1. The van der Waals surface area contributed by atoms with Crippen LogP contribution >= 0.6 is 0 Å². The normalized spacial score (nSPS) is 15.7. The first kappa shape index (κ1) is 26.3. The fourth-order valence-electron chi connectivity index (χ4n) is 4.74. The lowest BCUT2D eigenvalue weighted by Crippen LogP contribution is -2.46. The van der Waals surface area contributed by atoms with Crippen molar-refractivity contribution < 1.29 is 23.5 Å². The summed E-state index contributed by atoms with van der Waals surface area (Å²) in [5.41, 5.74) is 2.66. The predicted octanol–water partition coefficient (Wildman–Crippen LogP) is 3.64. The highest BCUT2D eigenvalue weighted by molar-refractivity contribution is 5.89. The van der Waals surface area contributed by atoms with E-state index in [1.54, 1.807) is 43.5 Å². The summed E-state index contributed by atoms with van der Waals surface area (Å²) in [6.45, 7) is 0.963. The largest absolute Gasteiger partial charge is 0.497 e. The lowest BCUT2D eigenvalue weighted by Gasteiger charge is -2.32. The average Bonchev–Trinajstić information content (AvgIpc) is 3.63. The molecular weight excluding hydrogens is 501 g/mol. The summed E-state index contributed by atoms with van der Waals surface area (Å²) in [7, 11) is 1.56. The van der Waals surface area contributed by atoms with Gasteiger partial charge >= 0.3 is 0 Å². The van der Waals surface area contributed by atoms with E-state index in [1.165, 1.54) is 21.7 Å². The number of ether oxygens (including phenoxy) is 2. The third kappa shape index (κ3) is 6.23. The van der Waals surface area contributed by atoms with Crippen LogP contribution in [0.25, 0.3) is 11.0 Å². The molecule has 1 saturated heterocycles. The highest BCUT2D eigenvalue weighted by Crippen LogP contribution is 2.27. The molecule has 10 heteroatoms. The van der Waals surface area contributed by atoms with Crippen LogP contribution in [0.15, 0.2) is 72.8 Å². The second-order valence-electron chi connectivity index (χ2n) is 9.44. The lowest BCUT2D eigenvalue weighted by atomic mass is 10.0. The van der Waals surface area contributed by atoms with Crippen LogP contribution in [0.4, 0.5) is 4.39 Å². The zero-order valence-corrected chi connectivity index (χ0v) is 21.6. The number of benzene rings is 3. The van der Waals surface area contributed by atoms with Crippen LogP contribution in [-0.2, 0) is 27.4 Å². The van der Waals surface area contributed by atoms with E-state index in [2.05, 4.69) is 15.6 Å². The Bertz CT molecular complexity index is 1420. The molecule has 0 bridgehead atoms. The number of amides is 2. The predicted molar refractivity (Wildman–Crippen MR) is 142 cm³/mol. The Morgan fingerprint density at radius 1 is 1.13 bits per heavy atom. The van der Waals surface area contributed by atoms with Crippen molar-refractivity contribution in [1.82, 2.24) is 25.2 Å². The Morgan fingerprint density at radius 2 is 1.90 bits per heavy atom. The first-order valence-corrected chi connectivity index (χ1v) is 12.9. The highest BCUT2D eigenvalue weighted by Gasteiger charge is 2.33. The number of para-hydroxylation sites is 1. The van der Waals surface area contributed by atoms with Crippen LogP contribution in [0.1, 0.15) is 30.0 Å². The third-order valence-electron chi connectivity index (χ3n) is 6.81. The topological polar surface area (TPSA) is 98.6 Å². The monoisotopic (exact) mass is 531 g/mol. The molecule has 1 aliphatic rings. The Morgan fingerprint density at radius 3 is 2.62 bits per heavy atom. The number of fused-ring (bicyclic) bond motifs is 1. The van der Waals surface area contributed by atoms with E-state index in [1.807, 2.05) is 24.3 Å². The molecule has 1 N–H and O–H groups in total. The number of carbonyl (C=O) groups excluding carboxylic acids is 2. The van der Waals surface area contributed by atoms with Gasteiger partial charge in [0.2, 0.25) is 11.8 Å². The van der Waals surface area contributed by atoms with E-state index < -0.39 is 6.04 Å². The van der Waals surface area contributed by atoms with Gasteiger partial charge in [-0.05, 0) is 60.4 Å². The van der Waals surface area contributed by atoms with E-state index >= 15 is 0 Å². The Labute approximate surface area is 225 Å². The van der Waals surface area contributed by atoms with E-state index in [0.717, 1.165) is 12.8 Å². The van der Waals surface area contributed by atoms with Crippen LogP contribution in [0.5, 0.6) is 5.75 Å². The molecule has 4 aromatic rings. The number of nitrogens with zero attached hydrogens (tertiary/aromatic N) is 4. The minimum absolute atomic E-state index is 0.0618. The molecular formula is C29H30FN5O4. The summed E-state index contributed by atoms with van der Waals surface area (Å²) in [6, 6.07) is 19.3. The fraction of sp³-hybridized carbons (Fsp3) is 0.310. The van der Waals surface area contributed by atoms with E-state index in [4.69, 9.17) is 9.47 Å². The van der Waals surface area contributed by atoms with Crippen molar-refractivity contribution >= 4 is 22.8 Å². The second kappa shape index (κ2) is 12.0. The molecule has 1 fully saturated rings.